The third kappa shape index (κ3) is 18.4. The molecule has 0 unspecified atom stereocenters. The summed E-state index contributed by atoms with van der Waals surface area (Å²) in [7, 11) is 1.35. The highest BCUT2D eigenvalue weighted by molar-refractivity contribution is 7.98. The van der Waals surface area contributed by atoms with E-state index in [9.17, 15) is 43.2 Å². The van der Waals surface area contributed by atoms with E-state index < -0.39 is 109 Å². The Morgan fingerprint density at radius 2 is 1.24 bits per heavy atom. The van der Waals surface area contributed by atoms with Gasteiger partial charge in [-0.2, -0.15) is 11.8 Å². The molecule has 0 fully saturated rings. The monoisotopic (exact) mass is 840 g/mol. The number of nitrogens with one attached hydrogen (secondary N) is 5. The van der Waals surface area contributed by atoms with Crippen LogP contribution < -0.4 is 38.1 Å². The van der Waals surface area contributed by atoms with Gasteiger partial charge in [0.1, 0.15) is 30.2 Å². The van der Waals surface area contributed by atoms with Crippen LogP contribution in [0.1, 0.15) is 57.1 Å². The predicted molar refractivity (Wildman–Crippen MR) is 220 cm³/mol. The number of carbonyl (C=O) groups is 9. The fraction of sp³-hybridized carbons (Fsp3) is 0.475. The third-order valence-corrected chi connectivity index (χ3v) is 9.61. The van der Waals surface area contributed by atoms with Crippen molar-refractivity contribution in [1.29, 1.82) is 0 Å². The first-order valence-corrected chi connectivity index (χ1v) is 20.4. The van der Waals surface area contributed by atoms with Crippen molar-refractivity contribution >= 4 is 65.0 Å². The van der Waals surface area contributed by atoms with Crippen molar-refractivity contribution < 1.29 is 48.3 Å². The molecular formula is C40H56N8O10S. The molecule has 0 heterocycles. The predicted octanol–water partition coefficient (Wildman–Crippen LogP) is -0.621. The van der Waals surface area contributed by atoms with Crippen LogP contribution in [-0.4, -0.2) is 119 Å². The van der Waals surface area contributed by atoms with Crippen LogP contribution in [0.5, 0.6) is 0 Å². The summed E-state index contributed by atoms with van der Waals surface area (Å²) in [5.74, 6) is -7.00. The maximum Gasteiger partial charge on any atom is 0.303 e. The minimum atomic E-state index is -1.55. The van der Waals surface area contributed by atoms with Gasteiger partial charge in [0.05, 0.1) is 19.4 Å². The molecular weight excluding hydrogens is 785 g/mol. The number of thioether (sulfide) groups is 1. The van der Waals surface area contributed by atoms with Gasteiger partial charge in [0.2, 0.25) is 47.3 Å². The molecule has 0 aliphatic heterocycles. The van der Waals surface area contributed by atoms with Crippen LogP contribution in [0.25, 0.3) is 0 Å². The van der Waals surface area contributed by atoms with E-state index in [1.807, 2.05) is 20.1 Å². The number of benzene rings is 2. The molecule has 0 aliphatic rings. The Morgan fingerprint density at radius 3 is 1.76 bits per heavy atom. The van der Waals surface area contributed by atoms with Crippen molar-refractivity contribution in [2.45, 2.75) is 89.0 Å². The number of likely N-dealkylation sites (N-methyl/N-ethyl adjacent to an activating group) is 1. The Morgan fingerprint density at radius 1 is 0.695 bits per heavy atom. The molecule has 2 aromatic carbocycles. The zero-order valence-corrected chi connectivity index (χ0v) is 34.5. The fourth-order valence-electron chi connectivity index (χ4n) is 5.89. The van der Waals surface area contributed by atoms with E-state index in [0.717, 1.165) is 4.90 Å². The van der Waals surface area contributed by atoms with Crippen molar-refractivity contribution in [1.82, 2.24) is 31.5 Å². The number of hydrogen-bond acceptors (Lipinski definition) is 10. The molecule has 59 heavy (non-hydrogen) atoms. The number of amides is 8. The van der Waals surface area contributed by atoms with Gasteiger partial charge in [0.15, 0.2) is 0 Å². The van der Waals surface area contributed by atoms with Crippen molar-refractivity contribution in [3.8, 4) is 0 Å². The SMILES string of the molecule is CSCC[C@H](NC(=O)[C@H](CC(C)C)NC(=O)CNC(=O)[C@H](Cc1ccccc1)N(C)C(=O)[C@H](Cc1ccccc1)NC(=O)[C@H](CC(N)=O)NC(=O)CCC(=O)O)C(N)=O. The number of carboxylic acids is 1. The molecule has 5 atom stereocenters. The lowest BCUT2D eigenvalue weighted by Gasteiger charge is -2.32. The summed E-state index contributed by atoms with van der Waals surface area (Å²) < 4.78 is 0. The highest BCUT2D eigenvalue weighted by Gasteiger charge is 2.35. The average molecular weight is 841 g/mol. The van der Waals surface area contributed by atoms with Crippen LogP contribution in [0.2, 0.25) is 0 Å². The van der Waals surface area contributed by atoms with Crippen LogP contribution in [0, 0.1) is 5.92 Å². The van der Waals surface area contributed by atoms with E-state index >= 15 is 0 Å². The van der Waals surface area contributed by atoms with E-state index in [-0.39, 0.29) is 25.2 Å². The van der Waals surface area contributed by atoms with Crippen LogP contribution in [0.15, 0.2) is 60.7 Å². The number of aliphatic carboxylic acids is 1. The Hall–Kier alpha value is -5.98. The second-order valence-electron chi connectivity index (χ2n) is 14.3. The van der Waals surface area contributed by atoms with Gasteiger partial charge >= 0.3 is 5.97 Å². The number of primary amides is 2. The number of rotatable bonds is 26. The smallest absolute Gasteiger partial charge is 0.303 e. The molecule has 0 aromatic heterocycles. The van der Waals surface area contributed by atoms with Gasteiger partial charge in [-0.15, -0.1) is 0 Å². The number of carboxylic acid groups (broad SMARTS) is 1. The summed E-state index contributed by atoms with van der Waals surface area (Å²) in [6.07, 6.45) is 0.581. The lowest BCUT2D eigenvalue weighted by atomic mass is 10.0. The quantitative estimate of drug-likeness (QED) is 0.0591. The molecule has 18 nitrogen and oxygen atoms in total. The van der Waals surface area contributed by atoms with E-state index in [2.05, 4.69) is 26.6 Å². The minimum Gasteiger partial charge on any atom is -0.481 e. The molecule has 2 aromatic rings. The Balaban J connectivity index is 2.36. The number of carbonyl (C=O) groups excluding carboxylic acids is 8. The minimum absolute atomic E-state index is 0.0184. The number of nitrogens with two attached hydrogens (primary N) is 2. The molecule has 0 spiro atoms. The van der Waals surface area contributed by atoms with Crippen molar-refractivity contribution in [3.05, 3.63) is 71.8 Å². The summed E-state index contributed by atoms with van der Waals surface area (Å²) in [6.45, 7) is 3.11. The molecule has 2 rings (SSSR count). The second kappa shape index (κ2) is 25.4. The van der Waals surface area contributed by atoms with Gasteiger partial charge in [-0.05, 0) is 41.9 Å². The largest absolute Gasteiger partial charge is 0.481 e. The van der Waals surface area contributed by atoms with E-state index in [4.69, 9.17) is 16.6 Å². The van der Waals surface area contributed by atoms with Gasteiger partial charge in [-0.1, -0.05) is 74.5 Å². The molecule has 8 amide bonds. The van der Waals surface area contributed by atoms with E-state index in [1.165, 1.54) is 18.8 Å². The van der Waals surface area contributed by atoms with Gasteiger partial charge in [0, 0.05) is 26.3 Å². The Bertz CT molecular complexity index is 1770. The summed E-state index contributed by atoms with van der Waals surface area (Å²) in [5.41, 5.74) is 12.1. The van der Waals surface area contributed by atoms with E-state index in [1.54, 1.807) is 60.7 Å². The number of nitrogens with zero attached hydrogens (tertiary/aromatic N) is 1. The van der Waals surface area contributed by atoms with Crippen molar-refractivity contribution in [2.75, 3.05) is 25.6 Å². The summed E-state index contributed by atoms with van der Waals surface area (Å²) in [4.78, 5) is 117. The highest BCUT2D eigenvalue weighted by Crippen LogP contribution is 2.14. The van der Waals surface area contributed by atoms with Crippen LogP contribution in [-0.2, 0) is 56.0 Å². The normalized spacial score (nSPS) is 13.4. The zero-order valence-electron chi connectivity index (χ0n) is 33.7. The molecule has 0 bridgehead atoms. The van der Waals surface area contributed by atoms with Gasteiger partial charge in [-0.25, -0.2) is 0 Å². The third-order valence-electron chi connectivity index (χ3n) is 8.96. The molecule has 322 valence electrons. The van der Waals surface area contributed by atoms with Crippen LogP contribution in [0.3, 0.4) is 0 Å². The van der Waals surface area contributed by atoms with Crippen LogP contribution in [0.4, 0.5) is 0 Å². The molecule has 19 heteroatoms. The first kappa shape index (κ1) is 49.2. The van der Waals surface area contributed by atoms with Gasteiger partial charge in [0.25, 0.3) is 0 Å². The standard InChI is InChI=1S/C40H56N8O10S/c1-24(2)19-28(37(55)46-27(36(42)54)17-18-59-4)45-34(51)23-43-39(57)31(21-26-13-9-6-10-14-26)48(3)40(58)30(20-25-11-7-5-8-12-25)47-38(56)29(22-32(41)49)44-33(50)15-16-35(52)53/h5-14,24,27-31H,15-23H2,1-4H3,(H2,41,49)(H2,42,54)(H,43,57)(H,44,50)(H,45,51)(H,46,55)(H,47,56)(H,52,53)/t27-,28-,29-,30-,31-/m0/s1. The van der Waals surface area contributed by atoms with E-state index in [0.29, 0.717) is 23.3 Å². The molecule has 10 N–H and O–H groups in total. The lowest BCUT2D eigenvalue weighted by molar-refractivity contribution is -0.142. The second-order valence-corrected chi connectivity index (χ2v) is 15.3. The summed E-state index contributed by atoms with van der Waals surface area (Å²) >= 11 is 1.47. The molecule has 0 aliphatic carbocycles. The Labute approximate surface area is 347 Å². The maximum absolute atomic E-state index is 14.4. The maximum atomic E-state index is 14.4. The average Bonchev–Trinajstić information content (AvgIpc) is 3.18. The highest BCUT2D eigenvalue weighted by atomic mass is 32.2. The topological polar surface area (TPSA) is 289 Å². The van der Waals surface area contributed by atoms with Crippen LogP contribution >= 0.6 is 11.8 Å². The van der Waals surface area contributed by atoms with Crippen molar-refractivity contribution in [2.24, 2.45) is 17.4 Å². The first-order valence-electron chi connectivity index (χ1n) is 19.0. The molecule has 0 saturated heterocycles. The van der Waals surface area contributed by atoms with Gasteiger partial charge < -0.3 is 48.1 Å². The van der Waals surface area contributed by atoms with Gasteiger partial charge in [-0.3, -0.25) is 43.2 Å². The fourth-order valence-corrected chi connectivity index (χ4v) is 6.36. The summed E-state index contributed by atoms with van der Waals surface area (Å²) in [6, 6.07) is 11.2. The Kier molecular flexibility index (Phi) is 21.2. The zero-order chi connectivity index (χ0) is 44.1. The first-order chi connectivity index (χ1) is 27.9. The lowest BCUT2D eigenvalue weighted by Crippen LogP contribution is -2.59. The van der Waals surface area contributed by atoms with Crippen molar-refractivity contribution in [3.63, 3.8) is 0 Å². The molecule has 0 saturated carbocycles. The number of hydrogen-bond donors (Lipinski definition) is 8. The molecule has 0 radical (unpaired) electrons. The summed E-state index contributed by atoms with van der Waals surface area (Å²) in [5, 5.41) is 21.6.